The van der Waals surface area contributed by atoms with Crippen molar-refractivity contribution in [2.45, 2.75) is 26.7 Å². The second-order valence-electron chi connectivity index (χ2n) is 4.35. The zero-order valence-electron chi connectivity index (χ0n) is 7.56. The molecule has 1 aliphatic heterocycles. The van der Waals surface area contributed by atoms with E-state index in [1.807, 2.05) is 0 Å². The van der Waals surface area contributed by atoms with Gasteiger partial charge < -0.3 is 4.48 Å². The van der Waals surface area contributed by atoms with Crippen LogP contribution in [0.1, 0.15) is 26.7 Å². The fourth-order valence-electron chi connectivity index (χ4n) is 2.16. The summed E-state index contributed by atoms with van der Waals surface area (Å²) in [5, 5.41) is 0. The van der Waals surface area contributed by atoms with Crippen LogP contribution in [0.3, 0.4) is 0 Å². The minimum absolute atomic E-state index is 0.864. The van der Waals surface area contributed by atoms with Crippen molar-refractivity contribution in [3.05, 3.63) is 0 Å². The maximum absolute atomic E-state index is 2.40. The van der Waals surface area contributed by atoms with Crippen molar-refractivity contribution in [3.8, 4) is 0 Å². The molecule has 0 saturated carbocycles. The summed E-state index contributed by atoms with van der Waals surface area (Å²) in [5.41, 5.74) is 0. The summed E-state index contributed by atoms with van der Waals surface area (Å²) in [5.74, 6) is 0.864. The van der Waals surface area contributed by atoms with Gasteiger partial charge in [0, 0.05) is 18.8 Å². The minimum atomic E-state index is 0.864. The highest BCUT2D eigenvalue weighted by molar-refractivity contribution is 4.53. The number of rotatable bonds is 2. The molecule has 0 N–H and O–H groups in total. The van der Waals surface area contributed by atoms with Crippen LogP contribution < -0.4 is 0 Å². The van der Waals surface area contributed by atoms with Gasteiger partial charge in [0.1, 0.15) is 0 Å². The van der Waals surface area contributed by atoms with E-state index in [0.717, 1.165) is 5.92 Å². The fraction of sp³-hybridized carbons (Fsp3) is 1.00. The van der Waals surface area contributed by atoms with E-state index in [9.17, 15) is 0 Å². The monoisotopic (exact) mass is 142 g/mol. The van der Waals surface area contributed by atoms with Crippen molar-refractivity contribution in [2.24, 2.45) is 5.92 Å². The van der Waals surface area contributed by atoms with Gasteiger partial charge in [-0.2, -0.15) is 0 Å². The number of hydrogen-bond acceptors (Lipinski definition) is 0. The molecule has 0 spiro atoms. The topological polar surface area (TPSA) is 0 Å². The Bertz CT molecular complexity index is 101. The van der Waals surface area contributed by atoms with Gasteiger partial charge in [-0.3, -0.25) is 0 Å². The Morgan fingerprint density at radius 2 is 1.70 bits per heavy atom. The average Bonchev–Trinajstić information content (AvgIpc) is 2.12. The van der Waals surface area contributed by atoms with E-state index in [2.05, 4.69) is 20.9 Å². The maximum Gasteiger partial charge on any atom is 0.0807 e. The van der Waals surface area contributed by atoms with Crippen molar-refractivity contribution in [2.75, 3.05) is 26.7 Å². The first-order valence-corrected chi connectivity index (χ1v) is 4.46. The lowest BCUT2D eigenvalue weighted by molar-refractivity contribution is -0.900. The lowest BCUT2D eigenvalue weighted by atomic mass is 10.2. The molecule has 0 amide bonds. The van der Waals surface area contributed by atoms with Crippen LogP contribution in [0, 0.1) is 5.92 Å². The predicted molar refractivity (Wildman–Crippen MR) is 44.9 cm³/mol. The molecule has 0 radical (unpaired) electrons. The quantitative estimate of drug-likeness (QED) is 0.516. The SMILES string of the molecule is CC(C)C[N+]1(C)CCCC1. The number of likely N-dealkylation sites (tertiary alicyclic amines) is 1. The third-order valence-electron chi connectivity index (χ3n) is 2.45. The second kappa shape index (κ2) is 2.91. The summed E-state index contributed by atoms with van der Waals surface area (Å²) in [6.07, 6.45) is 2.90. The van der Waals surface area contributed by atoms with Crippen LogP contribution in [0.25, 0.3) is 0 Å². The molecule has 60 valence electrons. The van der Waals surface area contributed by atoms with E-state index >= 15 is 0 Å². The van der Waals surface area contributed by atoms with Gasteiger partial charge in [0.15, 0.2) is 0 Å². The van der Waals surface area contributed by atoms with E-state index in [4.69, 9.17) is 0 Å². The smallest absolute Gasteiger partial charge is 0.0807 e. The highest BCUT2D eigenvalue weighted by Gasteiger charge is 2.26. The van der Waals surface area contributed by atoms with E-state index < -0.39 is 0 Å². The summed E-state index contributed by atoms with van der Waals surface area (Å²) in [6, 6.07) is 0. The largest absolute Gasteiger partial charge is 0.326 e. The molecule has 1 rings (SSSR count). The lowest BCUT2D eigenvalue weighted by Gasteiger charge is -2.30. The Hall–Kier alpha value is -0.0400. The number of hydrogen-bond donors (Lipinski definition) is 0. The molecule has 1 aliphatic rings. The first-order chi connectivity index (χ1) is 4.62. The van der Waals surface area contributed by atoms with Gasteiger partial charge in [-0.05, 0) is 0 Å². The summed E-state index contributed by atoms with van der Waals surface area (Å²) in [4.78, 5) is 0. The van der Waals surface area contributed by atoms with Crippen molar-refractivity contribution >= 4 is 0 Å². The van der Waals surface area contributed by atoms with E-state index in [1.165, 1.54) is 37.0 Å². The summed E-state index contributed by atoms with van der Waals surface area (Å²) in [6.45, 7) is 8.85. The van der Waals surface area contributed by atoms with Gasteiger partial charge in [0.25, 0.3) is 0 Å². The Kier molecular flexibility index (Phi) is 2.35. The van der Waals surface area contributed by atoms with Gasteiger partial charge in [0.05, 0.1) is 26.7 Å². The van der Waals surface area contributed by atoms with Crippen LogP contribution in [0.2, 0.25) is 0 Å². The van der Waals surface area contributed by atoms with Crippen LogP contribution in [-0.2, 0) is 0 Å². The molecule has 0 atom stereocenters. The average molecular weight is 142 g/mol. The van der Waals surface area contributed by atoms with Gasteiger partial charge in [-0.15, -0.1) is 0 Å². The van der Waals surface area contributed by atoms with Crippen LogP contribution in [0.5, 0.6) is 0 Å². The molecule has 0 aliphatic carbocycles. The van der Waals surface area contributed by atoms with Crippen molar-refractivity contribution < 1.29 is 4.48 Å². The fourth-order valence-corrected chi connectivity index (χ4v) is 2.16. The molecule has 0 aromatic rings. The molecule has 0 aromatic carbocycles. The third kappa shape index (κ3) is 1.98. The summed E-state index contributed by atoms with van der Waals surface area (Å²) < 4.78 is 1.33. The predicted octanol–water partition coefficient (Wildman–Crippen LogP) is 1.88. The normalized spacial score (nSPS) is 24.0. The van der Waals surface area contributed by atoms with Crippen molar-refractivity contribution in [1.82, 2.24) is 0 Å². The second-order valence-corrected chi connectivity index (χ2v) is 4.35. The third-order valence-corrected chi connectivity index (χ3v) is 2.45. The first-order valence-electron chi connectivity index (χ1n) is 4.46. The molecule has 1 heteroatoms. The molecular weight excluding hydrogens is 122 g/mol. The van der Waals surface area contributed by atoms with E-state index in [1.54, 1.807) is 0 Å². The Morgan fingerprint density at radius 3 is 2.10 bits per heavy atom. The highest BCUT2D eigenvalue weighted by Crippen LogP contribution is 2.17. The molecule has 0 unspecified atom stereocenters. The highest BCUT2D eigenvalue weighted by atomic mass is 15.3. The molecule has 10 heavy (non-hydrogen) atoms. The Labute approximate surface area is 64.6 Å². The molecule has 1 nitrogen and oxygen atoms in total. The molecule has 0 aromatic heterocycles. The summed E-state index contributed by atoms with van der Waals surface area (Å²) >= 11 is 0. The Morgan fingerprint density at radius 1 is 1.20 bits per heavy atom. The van der Waals surface area contributed by atoms with Gasteiger partial charge in [0.2, 0.25) is 0 Å². The number of quaternary nitrogens is 1. The first kappa shape index (κ1) is 8.06. The molecule has 1 fully saturated rings. The zero-order chi connectivity index (χ0) is 7.61. The lowest BCUT2D eigenvalue weighted by Crippen LogP contribution is -2.43. The van der Waals surface area contributed by atoms with Crippen molar-refractivity contribution in [1.29, 1.82) is 0 Å². The Balaban J connectivity index is 2.36. The maximum atomic E-state index is 2.40. The molecular formula is C9H20N+. The minimum Gasteiger partial charge on any atom is -0.326 e. The van der Waals surface area contributed by atoms with E-state index in [0.29, 0.717) is 0 Å². The molecule has 1 saturated heterocycles. The molecule has 0 bridgehead atoms. The standard InChI is InChI=1S/C9H20N/c1-9(2)8-10(3)6-4-5-7-10/h9H,4-8H2,1-3H3/q+1. The van der Waals surface area contributed by atoms with Crippen LogP contribution in [0.15, 0.2) is 0 Å². The van der Waals surface area contributed by atoms with E-state index in [-0.39, 0.29) is 0 Å². The summed E-state index contributed by atoms with van der Waals surface area (Å²) in [7, 11) is 2.40. The van der Waals surface area contributed by atoms with Gasteiger partial charge >= 0.3 is 0 Å². The van der Waals surface area contributed by atoms with Crippen LogP contribution in [-0.4, -0.2) is 31.2 Å². The molecule has 1 heterocycles. The number of nitrogens with zero attached hydrogens (tertiary/aromatic N) is 1. The van der Waals surface area contributed by atoms with Gasteiger partial charge in [-0.1, -0.05) is 13.8 Å². The zero-order valence-corrected chi connectivity index (χ0v) is 7.56. The van der Waals surface area contributed by atoms with Gasteiger partial charge in [-0.25, -0.2) is 0 Å². The van der Waals surface area contributed by atoms with Crippen LogP contribution in [0.4, 0.5) is 0 Å². The van der Waals surface area contributed by atoms with Crippen LogP contribution >= 0.6 is 0 Å². The van der Waals surface area contributed by atoms with Crippen molar-refractivity contribution in [3.63, 3.8) is 0 Å².